The van der Waals surface area contributed by atoms with E-state index in [0.29, 0.717) is 34.2 Å². The Kier molecular flexibility index (Phi) is 6.86. The number of rotatable bonds is 6. The number of imide groups is 1. The maximum absolute atomic E-state index is 13.6. The third-order valence-electron chi connectivity index (χ3n) is 7.66. The Morgan fingerprint density at radius 3 is 2.58 bits per heavy atom. The van der Waals surface area contributed by atoms with Crippen molar-refractivity contribution in [2.24, 2.45) is 0 Å². The summed E-state index contributed by atoms with van der Waals surface area (Å²) in [7, 11) is 1.48. The molecule has 13 nitrogen and oxygen atoms in total. The van der Waals surface area contributed by atoms with Crippen LogP contribution in [0.3, 0.4) is 0 Å². The molecule has 0 unspecified atom stereocenters. The monoisotopic (exact) mass is 622 g/mol. The fourth-order valence-electron chi connectivity index (χ4n) is 5.74. The molecule has 45 heavy (non-hydrogen) atoms. The van der Waals surface area contributed by atoms with Crippen molar-refractivity contribution >= 4 is 46.3 Å². The summed E-state index contributed by atoms with van der Waals surface area (Å²) in [6, 6.07) is 9.89. The maximum Gasteiger partial charge on any atom is 0.435 e. The zero-order chi connectivity index (χ0) is 32.4. The van der Waals surface area contributed by atoms with Gasteiger partial charge in [0, 0.05) is 11.3 Å². The third-order valence-corrected chi connectivity index (χ3v) is 7.66. The fraction of sp³-hybridized carbons (Fsp3) is 0.333. The van der Waals surface area contributed by atoms with Crippen LogP contribution in [0, 0.1) is 6.92 Å². The molecule has 1 aliphatic heterocycles. The standard InChI is InChI=1S/C30H28F2N6O7/c1-14-33-13-22(44-26(31)32)24(34-14)35-23-17-8-6-15(10-21(17)38(36-23)28(42)45-29(2,3)4)19-12-30(19)18-11-16(43-5)7-9-20(18)37(25(30)39)27(40)41/h6-11,13,19,26H,12H2,1-5H3,(H,40,41)(H,33,34,35,36)/t19-,30-/m0/s1. The van der Waals surface area contributed by atoms with Gasteiger partial charge in [0.2, 0.25) is 5.91 Å². The van der Waals surface area contributed by atoms with Crippen LogP contribution in [0.5, 0.6) is 11.5 Å². The number of methoxy groups -OCH3 is 1. The molecule has 6 rings (SSSR count). The topological polar surface area (TPSA) is 158 Å². The van der Waals surface area contributed by atoms with Gasteiger partial charge < -0.3 is 24.6 Å². The van der Waals surface area contributed by atoms with Gasteiger partial charge in [-0.15, -0.1) is 5.10 Å². The average molecular weight is 623 g/mol. The van der Waals surface area contributed by atoms with E-state index in [2.05, 4.69) is 25.1 Å². The van der Waals surface area contributed by atoms with Crippen molar-refractivity contribution in [3.8, 4) is 11.5 Å². The SMILES string of the molecule is COc1ccc2c(c1)[C@]1(C[C@H]1c1ccc3c(Nc4nc(C)ncc4OC(F)F)nn(C(=O)OC(C)(C)C)c3c1)C(=O)N2C(=O)O. The van der Waals surface area contributed by atoms with Gasteiger partial charge >= 0.3 is 18.8 Å². The number of ether oxygens (including phenoxy) is 3. The summed E-state index contributed by atoms with van der Waals surface area (Å²) in [5.41, 5.74) is -0.277. The second-order valence-electron chi connectivity index (χ2n) is 11.7. The zero-order valence-electron chi connectivity index (χ0n) is 24.8. The van der Waals surface area contributed by atoms with Gasteiger partial charge in [-0.05, 0) is 75.6 Å². The first-order valence-corrected chi connectivity index (χ1v) is 13.8. The smallest absolute Gasteiger partial charge is 0.435 e. The fourth-order valence-corrected chi connectivity index (χ4v) is 5.74. The van der Waals surface area contributed by atoms with E-state index in [1.54, 1.807) is 64.1 Å². The first kappa shape index (κ1) is 29.7. The van der Waals surface area contributed by atoms with Gasteiger partial charge in [-0.25, -0.2) is 24.5 Å². The predicted octanol–water partition coefficient (Wildman–Crippen LogP) is 5.72. The second-order valence-corrected chi connectivity index (χ2v) is 11.7. The van der Waals surface area contributed by atoms with Crippen molar-refractivity contribution in [2.75, 3.05) is 17.3 Å². The van der Waals surface area contributed by atoms with E-state index in [1.807, 2.05) is 0 Å². The van der Waals surface area contributed by atoms with Gasteiger partial charge in [-0.1, -0.05) is 6.07 Å². The highest BCUT2D eigenvalue weighted by Gasteiger charge is 2.68. The molecule has 1 fully saturated rings. The van der Waals surface area contributed by atoms with Gasteiger partial charge in [-0.3, -0.25) is 4.79 Å². The van der Waals surface area contributed by atoms with Crippen molar-refractivity contribution in [3.63, 3.8) is 0 Å². The Morgan fingerprint density at radius 2 is 1.91 bits per heavy atom. The molecule has 2 N–H and O–H groups in total. The first-order chi connectivity index (χ1) is 21.2. The average Bonchev–Trinajstić information content (AvgIpc) is 3.54. The lowest BCUT2D eigenvalue weighted by Gasteiger charge is -2.19. The summed E-state index contributed by atoms with van der Waals surface area (Å²) in [5.74, 6) is -0.596. The number of nitrogens with one attached hydrogen (secondary N) is 1. The molecule has 4 aromatic rings. The second kappa shape index (κ2) is 10.4. The number of alkyl halides is 2. The molecule has 15 heteroatoms. The van der Waals surface area contributed by atoms with Gasteiger partial charge in [0.25, 0.3) is 0 Å². The molecule has 1 saturated carbocycles. The number of carbonyl (C=O) groups is 3. The van der Waals surface area contributed by atoms with Crippen molar-refractivity contribution in [1.82, 2.24) is 19.7 Å². The number of carboxylic acid groups (broad SMARTS) is 1. The number of aryl methyl sites for hydroxylation is 1. The maximum atomic E-state index is 13.6. The summed E-state index contributed by atoms with van der Waals surface area (Å²) in [6.07, 6.45) is -0.782. The number of hydrogen-bond donors (Lipinski definition) is 2. The molecule has 2 amide bonds. The molecule has 2 aliphatic rings. The summed E-state index contributed by atoms with van der Waals surface area (Å²) < 4.78 is 42.7. The summed E-state index contributed by atoms with van der Waals surface area (Å²) in [5, 5.41) is 17.5. The highest BCUT2D eigenvalue weighted by molar-refractivity contribution is 6.22. The minimum absolute atomic E-state index is 0.0919. The van der Waals surface area contributed by atoms with Crippen LogP contribution in [0.25, 0.3) is 10.9 Å². The van der Waals surface area contributed by atoms with E-state index in [4.69, 9.17) is 9.47 Å². The quantitative estimate of drug-likeness (QED) is 0.271. The minimum Gasteiger partial charge on any atom is -0.497 e. The van der Waals surface area contributed by atoms with Crippen molar-refractivity contribution in [1.29, 1.82) is 0 Å². The third kappa shape index (κ3) is 5.03. The molecular formula is C30H28F2N6O7. The molecule has 1 spiro atoms. The van der Waals surface area contributed by atoms with Crippen LogP contribution in [0.2, 0.25) is 0 Å². The van der Waals surface area contributed by atoms with E-state index in [0.717, 1.165) is 15.8 Å². The van der Waals surface area contributed by atoms with Gasteiger partial charge in [-0.2, -0.15) is 13.5 Å². The number of halogens is 2. The van der Waals surface area contributed by atoms with E-state index >= 15 is 0 Å². The summed E-state index contributed by atoms with van der Waals surface area (Å²) >= 11 is 0. The minimum atomic E-state index is -3.14. The number of carbonyl (C=O) groups excluding carboxylic acids is 2. The first-order valence-electron chi connectivity index (χ1n) is 13.8. The van der Waals surface area contributed by atoms with E-state index in [9.17, 15) is 28.3 Å². The molecule has 1 aliphatic carbocycles. The molecule has 2 aromatic heterocycles. The van der Waals surface area contributed by atoms with Crippen LogP contribution in [0.1, 0.15) is 50.1 Å². The highest BCUT2D eigenvalue weighted by atomic mass is 19.3. The van der Waals surface area contributed by atoms with Gasteiger partial charge in [0.05, 0.1) is 29.9 Å². The van der Waals surface area contributed by atoms with E-state index < -0.39 is 41.6 Å². The van der Waals surface area contributed by atoms with Crippen molar-refractivity contribution < 1.29 is 42.5 Å². The molecule has 3 heterocycles. The number of hydrogen-bond acceptors (Lipinski definition) is 10. The Hall–Kier alpha value is -5.34. The van der Waals surface area contributed by atoms with Crippen molar-refractivity contribution in [3.05, 3.63) is 59.5 Å². The van der Waals surface area contributed by atoms with Crippen LogP contribution in [0.4, 0.5) is 35.7 Å². The lowest BCUT2D eigenvalue weighted by molar-refractivity contribution is -0.119. The lowest BCUT2D eigenvalue weighted by atomic mass is 9.91. The molecule has 0 bridgehead atoms. The van der Waals surface area contributed by atoms with Gasteiger partial charge in [0.15, 0.2) is 17.4 Å². The molecule has 2 aromatic carbocycles. The Labute approximate surface area is 254 Å². The lowest BCUT2D eigenvalue weighted by Crippen LogP contribution is -2.36. The predicted molar refractivity (Wildman–Crippen MR) is 156 cm³/mol. The number of fused-ring (bicyclic) bond motifs is 3. The zero-order valence-corrected chi connectivity index (χ0v) is 24.8. The van der Waals surface area contributed by atoms with Crippen LogP contribution in [0.15, 0.2) is 42.6 Å². The molecule has 234 valence electrons. The number of nitrogens with zero attached hydrogens (tertiary/aromatic N) is 5. The van der Waals surface area contributed by atoms with Crippen LogP contribution in [-0.4, -0.2) is 62.3 Å². The van der Waals surface area contributed by atoms with Crippen molar-refractivity contribution in [2.45, 2.75) is 57.7 Å². The van der Waals surface area contributed by atoms with Crippen LogP contribution in [-0.2, 0) is 14.9 Å². The summed E-state index contributed by atoms with van der Waals surface area (Å²) in [4.78, 5) is 47.9. The normalized spacial score (nSPS) is 18.8. The van der Waals surface area contributed by atoms with Crippen LogP contribution >= 0.6 is 0 Å². The molecular weight excluding hydrogens is 594 g/mol. The number of amides is 2. The molecule has 0 saturated heterocycles. The van der Waals surface area contributed by atoms with E-state index in [1.165, 1.54) is 7.11 Å². The van der Waals surface area contributed by atoms with Gasteiger partial charge in [0.1, 0.15) is 17.2 Å². The van der Waals surface area contributed by atoms with Crippen LogP contribution < -0.4 is 19.7 Å². The Balaban J connectivity index is 1.45. The Morgan fingerprint density at radius 1 is 1.16 bits per heavy atom. The Bertz CT molecular complexity index is 1890. The number of benzene rings is 2. The highest BCUT2D eigenvalue weighted by Crippen LogP contribution is 2.67. The number of anilines is 3. The summed E-state index contributed by atoms with van der Waals surface area (Å²) in [6.45, 7) is 3.51. The number of aromatic nitrogens is 4. The molecule has 0 radical (unpaired) electrons. The van der Waals surface area contributed by atoms with E-state index in [-0.39, 0.29) is 28.9 Å². The molecule has 2 atom stereocenters. The largest absolute Gasteiger partial charge is 0.497 e.